The van der Waals surface area contributed by atoms with Gasteiger partial charge in [-0.2, -0.15) is 0 Å². The maximum atomic E-state index is 13.2. The highest BCUT2D eigenvalue weighted by atomic mass is 35.5. The Bertz CT molecular complexity index is 1180. The maximum absolute atomic E-state index is 13.2. The molecule has 9 nitrogen and oxygen atoms in total. The van der Waals surface area contributed by atoms with Gasteiger partial charge in [0, 0.05) is 43.5 Å². The summed E-state index contributed by atoms with van der Waals surface area (Å²) in [5.74, 6) is -1.26. The fourth-order valence-corrected chi connectivity index (χ4v) is 4.61. The van der Waals surface area contributed by atoms with Crippen LogP contribution in [-0.4, -0.2) is 73.1 Å². The van der Waals surface area contributed by atoms with Gasteiger partial charge >= 0.3 is 0 Å². The molecule has 190 valence electrons. The molecule has 0 unspecified atom stereocenters. The van der Waals surface area contributed by atoms with Crippen LogP contribution in [-0.2, 0) is 32.6 Å². The van der Waals surface area contributed by atoms with Gasteiger partial charge in [-0.05, 0) is 37.6 Å². The van der Waals surface area contributed by atoms with Gasteiger partial charge < -0.3 is 9.64 Å². The lowest BCUT2D eigenvalue weighted by Crippen LogP contribution is -2.58. The van der Waals surface area contributed by atoms with Crippen molar-refractivity contribution in [2.45, 2.75) is 38.9 Å². The minimum atomic E-state index is -3.72. The third-order valence-electron chi connectivity index (χ3n) is 5.61. The van der Waals surface area contributed by atoms with Crippen LogP contribution >= 0.6 is 11.6 Å². The molecule has 12 heteroatoms. The molecule has 2 aromatic rings. The number of amides is 2. The van der Waals surface area contributed by atoms with E-state index in [9.17, 15) is 22.4 Å². The number of hydrogen-bond donors (Lipinski definition) is 1. The standard InChI is InChI=1S/C23H28ClFN4O5S/c1-15-12-29(16(2)11-28(15)13-17-4-6-20(25)7-5-17)22(31)14-34-23-18(8-19(24)10-26-23)9-21(30)27-35(3,32)33/h4-8,10,15-16H,9,11-14H2,1-3H3,(H,27,30)/t15-,16+/m0/s1. The van der Waals surface area contributed by atoms with Crippen LogP contribution in [0.25, 0.3) is 0 Å². The SMILES string of the molecule is C[C@@H]1CN(Cc2ccc(F)cc2)[C@@H](C)CN1C(=O)COc1ncc(Cl)cc1CC(=O)NS(C)(=O)=O. The first-order valence-corrected chi connectivity index (χ1v) is 13.2. The average Bonchev–Trinajstić information content (AvgIpc) is 2.75. The second-order valence-corrected chi connectivity index (χ2v) is 10.9. The zero-order valence-electron chi connectivity index (χ0n) is 19.7. The van der Waals surface area contributed by atoms with E-state index in [2.05, 4.69) is 9.88 Å². The summed E-state index contributed by atoms with van der Waals surface area (Å²) in [4.78, 5) is 33.0. The first-order chi connectivity index (χ1) is 16.4. The highest BCUT2D eigenvalue weighted by Gasteiger charge is 2.32. The van der Waals surface area contributed by atoms with Crippen molar-refractivity contribution < 1.29 is 27.1 Å². The molecule has 1 fully saturated rings. The van der Waals surface area contributed by atoms with E-state index in [0.29, 0.717) is 19.6 Å². The van der Waals surface area contributed by atoms with Crippen molar-refractivity contribution in [2.75, 3.05) is 26.0 Å². The van der Waals surface area contributed by atoms with Gasteiger partial charge in [-0.1, -0.05) is 23.7 Å². The van der Waals surface area contributed by atoms with E-state index >= 15 is 0 Å². The smallest absolute Gasteiger partial charge is 0.260 e. The molecule has 0 radical (unpaired) electrons. The van der Waals surface area contributed by atoms with E-state index in [1.807, 2.05) is 18.6 Å². The molecule has 35 heavy (non-hydrogen) atoms. The Kier molecular flexibility index (Phi) is 8.68. The van der Waals surface area contributed by atoms with Crippen molar-refractivity contribution in [1.29, 1.82) is 0 Å². The highest BCUT2D eigenvalue weighted by molar-refractivity contribution is 7.89. The number of rotatable bonds is 8. The van der Waals surface area contributed by atoms with Crippen molar-refractivity contribution >= 4 is 33.4 Å². The van der Waals surface area contributed by atoms with E-state index in [1.54, 1.807) is 17.0 Å². The molecule has 1 aromatic carbocycles. The third-order valence-corrected chi connectivity index (χ3v) is 6.41. The van der Waals surface area contributed by atoms with E-state index in [1.165, 1.54) is 24.4 Å². The Labute approximate surface area is 209 Å². The van der Waals surface area contributed by atoms with Crippen molar-refractivity contribution in [1.82, 2.24) is 19.5 Å². The van der Waals surface area contributed by atoms with Gasteiger partial charge in [0.25, 0.3) is 5.91 Å². The molecular weight excluding hydrogens is 499 g/mol. The van der Waals surface area contributed by atoms with Crippen LogP contribution in [0.1, 0.15) is 25.0 Å². The largest absolute Gasteiger partial charge is 0.467 e. The first-order valence-electron chi connectivity index (χ1n) is 11.0. The summed E-state index contributed by atoms with van der Waals surface area (Å²) in [6, 6.07) is 7.81. The van der Waals surface area contributed by atoms with Gasteiger partial charge in [-0.15, -0.1) is 0 Å². The number of hydrogen-bond acceptors (Lipinski definition) is 7. The van der Waals surface area contributed by atoms with Crippen LogP contribution in [0.4, 0.5) is 4.39 Å². The topological polar surface area (TPSA) is 109 Å². The Morgan fingerprint density at radius 2 is 1.89 bits per heavy atom. The molecular formula is C23H28ClFN4O5S. The predicted molar refractivity (Wildman–Crippen MR) is 129 cm³/mol. The van der Waals surface area contributed by atoms with Crippen molar-refractivity contribution in [3.05, 3.63) is 58.5 Å². The van der Waals surface area contributed by atoms with E-state index in [0.717, 1.165) is 11.8 Å². The summed E-state index contributed by atoms with van der Waals surface area (Å²) in [7, 11) is -3.72. The molecule has 1 N–H and O–H groups in total. The predicted octanol–water partition coefficient (Wildman–Crippen LogP) is 1.99. The number of pyridine rings is 1. The first kappa shape index (κ1) is 26.8. The van der Waals surface area contributed by atoms with Crippen LogP contribution in [0.5, 0.6) is 5.88 Å². The second-order valence-electron chi connectivity index (χ2n) is 8.68. The van der Waals surface area contributed by atoms with Crippen molar-refractivity contribution in [3.63, 3.8) is 0 Å². The van der Waals surface area contributed by atoms with Gasteiger partial charge in [-0.3, -0.25) is 19.2 Å². The highest BCUT2D eigenvalue weighted by Crippen LogP contribution is 2.22. The summed E-state index contributed by atoms with van der Waals surface area (Å²) in [6.07, 6.45) is 1.86. The van der Waals surface area contributed by atoms with E-state index < -0.39 is 15.9 Å². The van der Waals surface area contributed by atoms with Crippen LogP contribution in [0.2, 0.25) is 5.02 Å². The molecule has 1 aliphatic heterocycles. The minimum Gasteiger partial charge on any atom is -0.467 e. The Balaban J connectivity index is 1.60. The van der Waals surface area contributed by atoms with E-state index in [4.69, 9.17) is 16.3 Å². The average molecular weight is 527 g/mol. The molecule has 1 saturated heterocycles. The number of benzene rings is 1. The summed E-state index contributed by atoms with van der Waals surface area (Å²) < 4.78 is 43.3. The Hall–Kier alpha value is -2.76. The third kappa shape index (κ3) is 7.87. The van der Waals surface area contributed by atoms with E-state index in [-0.39, 0.29) is 53.3 Å². The Morgan fingerprint density at radius 3 is 2.54 bits per heavy atom. The monoisotopic (exact) mass is 526 g/mol. The van der Waals surface area contributed by atoms with Gasteiger partial charge in [0.1, 0.15) is 5.82 Å². The summed E-state index contributed by atoms with van der Waals surface area (Å²) in [5, 5.41) is 0.241. The van der Waals surface area contributed by atoms with Crippen LogP contribution in [0.3, 0.4) is 0 Å². The van der Waals surface area contributed by atoms with Crippen molar-refractivity contribution in [3.8, 4) is 5.88 Å². The number of nitrogens with zero attached hydrogens (tertiary/aromatic N) is 3. The summed E-state index contributed by atoms with van der Waals surface area (Å²) in [5.41, 5.74) is 1.26. The molecule has 2 amide bonds. The number of ether oxygens (including phenoxy) is 1. The summed E-state index contributed by atoms with van der Waals surface area (Å²) >= 11 is 5.97. The van der Waals surface area contributed by atoms with Crippen LogP contribution in [0, 0.1) is 5.82 Å². The molecule has 0 saturated carbocycles. The maximum Gasteiger partial charge on any atom is 0.260 e. The van der Waals surface area contributed by atoms with Gasteiger partial charge in [0.05, 0.1) is 17.7 Å². The number of piperazine rings is 1. The number of sulfonamides is 1. The molecule has 3 rings (SSSR count). The molecule has 1 aromatic heterocycles. The van der Waals surface area contributed by atoms with Crippen molar-refractivity contribution in [2.24, 2.45) is 0 Å². The number of carbonyl (C=O) groups is 2. The molecule has 0 spiro atoms. The number of halogens is 2. The number of aromatic nitrogens is 1. The van der Waals surface area contributed by atoms with Gasteiger partial charge in [-0.25, -0.2) is 17.8 Å². The lowest BCUT2D eigenvalue weighted by Gasteiger charge is -2.44. The zero-order valence-corrected chi connectivity index (χ0v) is 21.3. The summed E-state index contributed by atoms with van der Waals surface area (Å²) in [6.45, 7) is 5.45. The van der Waals surface area contributed by atoms with Crippen LogP contribution in [0.15, 0.2) is 36.5 Å². The number of carbonyl (C=O) groups excluding carboxylic acids is 2. The molecule has 1 aliphatic rings. The lowest BCUT2D eigenvalue weighted by atomic mass is 10.1. The minimum absolute atomic E-state index is 0.0297. The quantitative estimate of drug-likeness (QED) is 0.560. The fraction of sp³-hybridized carbons (Fsp3) is 0.435. The normalized spacial score (nSPS) is 18.8. The fourth-order valence-electron chi connectivity index (χ4n) is 3.94. The molecule has 0 bridgehead atoms. The zero-order chi connectivity index (χ0) is 25.8. The molecule has 0 aliphatic carbocycles. The van der Waals surface area contributed by atoms with Gasteiger partial charge in [0.15, 0.2) is 6.61 Å². The van der Waals surface area contributed by atoms with Gasteiger partial charge in [0.2, 0.25) is 21.8 Å². The Morgan fingerprint density at radius 1 is 1.20 bits per heavy atom. The second kappa shape index (κ2) is 11.3. The molecule has 2 atom stereocenters. The van der Waals surface area contributed by atoms with Crippen LogP contribution < -0.4 is 9.46 Å². The number of nitrogens with one attached hydrogen (secondary N) is 1. The molecule has 2 heterocycles. The lowest BCUT2D eigenvalue weighted by molar-refractivity contribution is -0.139.